The van der Waals surface area contributed by atoms with Gasteiger partial charge in [0.15, 0.2) is 11.3 Å². The maximum Gasteiger partial charge on any atom is 0.338 e. The molecule has 25 heavy (non-hydrogen) atoms. The molecule has 2 aromatic carbocycles. The largest absolute Gasteiger partial charge is 0.465 e. The molecule has 0 fully saturated rings. The average Bonchev–Trinajstić information content (AvgIpc) is 3.17. The van der Waals surface area contributed by atoms with Crippen molar-refractivity contribution in [2.45, 2.75) is 24.8 Å². The first-order chi connectivity index (χ1) is 12.1. The van der Waals surface area contributed by atoms with E-state index in [9.17, 15) is 9.59 Å². The molecule has 0 radical (unpaired) electrons. The molecule has 0 bridgehead atoms. The summed E-state index contributed by atoms with van der Waals surface area (Å²) >= 11 is 0. The van der Waals surface area contributed by atoms with Gasteiger partial charge >= 0.3 is 5.97 Å². The Morgan fingerprint density at radius 1 is 1.20 bits per heavy atom. The Kier molecular flexibility index (Phi) is 3.53. The monoisotopic (exact) mass is 334 g/mol. The quantitative estimate of drug-likeness (QED) is 0.789. The number of benzene rings is 2. The Morgan fingerprint density at radius 2 is 2.00 bits per heavy atom. The second-order valence-corrected chi connectivity index (χ2v) is 6.59. The number of ether oxygens (including phenoxy) is 1. The van der Waals surface area contributed by atoms with Crippen LogP contribution in [0.1, 0.15) is 43.3 Å². The van der Waals surface area contributed by atoms with E-state index < -0.39 is 11.5 Å². The van der Waals surface area contributed by atoms with E-state index >= 15 is 0 Å². The number of Topliss-reactive ketones (excluding diaryl/α,β-unsaturated/α-hetero) is 1. The minimum atomic E-state index is -0.946. The van der Waals surface area contributed by atoms with E-state index in [4.69, 9.17) is 4.74 Å². The number of carbonyl (C=O) groups excluding carboxylic acids is 2. The lowest BCUT2D eigenvalue weighted by Gasteiger charge is -2.27. The van der Waals surface area contributed by atoms with Gasteiger partial charge in [-0.15, -0.1) is 0 Å². The molecule has 0 saturated heterocycles. The first-order valence-electron chi connectivity index (χ1n) is 8.27. The predicted octanol–water partition coefficient (Wildman–Crippen LogP) is 3.51. The number of azo groups is 1. The lowest BCUT2D eigenvalue weighted by molar-refractivity contribution is 0.0597. The highest BCUT2D eigenvalue weighted by Crippen LogP contribution is 2.47. The molecule has 0 aromatic heterocycles. The fourth-order valence-electron chi connectivity index (χ4n) is 4.07. The normalized spacial score (nSPS) is 23.9. The van der Waals surface area contributed by atoms with Crippen molar-refractivity contribution in [2.75, 3.05) is 13.7 Å². The summed E-state index contributed by atoms with van der Waals surface area (Å²) in [4.78, 5) is 25.5. The van der Waals surface area contributed by atoms with Crippen LogP contribution in [0.2, 0.25) is 0 Å². The number of methoxy groups -OCH3 is 1. The molecule has 2 aliphatic rings. The molecular weight excluding hydrogens is 316 g/mol. The van der Waals surface area contributed by atoms with Crippen molar-refractivity contribution < 1.29 is 14.3 Å². The summed E-state index contributed by atoms with van der Waals surface area (Å²) in [5, 5.41) is 8.63. The van der Waals surface area contributed by atoms with E-state index in [-0.39, 0.29) is 11.7 Å². The van der Waals surface area contributed by atoms with Crippen LogP contribution in [-0.4, -0.2) is 30.9 Å². The molecule has 0 saturated carbocycles. The third kappa shape index (κ3) is 2.15. The first kappa shape index (κ1) is 15.7. The molecule has 4 rings (SSSR count). The summed E-state index contributed by atoms with van der Waals surface area (Å²) < 4.78 is 4.91. The summed E-state index contributed by atoms with van der Waals surface area (Å²) in [7, 11) is 1.36. The second kappa shape index (κ2) is 5.62. The van der Waals surface area contributed by atoms with Crippen LogP contribution in [0.5, 0.6) is 0 Å². The minimum absolute atomic E-state index is 0.00604. The Balaban J connectivity index is 1.84. The molecule has 0 N–H and O–H groups in total. The van der Waals surface area contributed by atoms with E-state index in [1.165, 1.54) is 7.11 Å². The Labute approximate surface area is 145 Å². The molecule has 126 valence electrons. The fraction of sp³-hybridized carbons (Fsp3) is 0.300. The molecule has 2 aromatic rings. The molecule has 1 aliphatic heterocycles. The average molecular weight is 334 g/mol. The molecule has 1 heterocycles. The zero-order chi connectivity index (χ0) is 17.6. The molecular formula is C20H18N2O3. The number of rotatable bonds is 2. The Hall–Kier alpha value is -2.82. The van der Waals surface area contributed by atoms with Gasteiger partial charge < -0.3 is 4.74 Å². The van der Waals surface area contributed by atoms with Gasteiger partial charge in [0.25, 0.3) is 0 Å². The smallest absolute Gasteiger partial charge is 0.338 e. The van der Waals surface area contributed by atoms with Gasteiger partial charge in [0.1, 0.15) is 0 Å². The summed E-state index contributed by atoms with van der Waals surface area (Å²) in [6.45, 7) is 2.34. The van der Waals surface area contributed by atoms with Crippen LogP contribution in [0.25, 0.3) is 0 Å². The summed E-state index contributed by atoms with van der Waals surface area (Å²) in [6.07, 6.45) is 0.520. The maximum absolute atomic E-state index is 13.3. The van der Waals surface area contributed by atoms with Gasteiger partial charge in [-0.3, -0.25) is 4.79 Å². The molecule has 2 atom stereocenters. The fourth-order valence-corrected chi connectivity index (χ4v) is 4.07. The van der Waals surface area contributed by atoms with Crippen molar-refractivity contribution in [1.82, 2.24) is 0 Å². The number of ketones is 1. The second-order valence-electron chi connectivity index (χ2n) is 6.59. The summed E-state index contributed by atoms with van der Waals surface area (Å²) in [5.41, 5.74) is 3.02. The number of hydrogen-bond donors (Lipinski definition) is 0. The highest BCUT2D eigenvalue weighted by atomic mass is 16.5. The highest BCUT2D eigenvalue weighted by molar-refractivity contribution is 6.10. The molecule has 5 heteroatoms. The van der Waals surface area contributed by atoms with Gasteiger partial charge in [-0.1, -0.05) is 36.4 Å². The highest BCUT2D eigenvalue weighted by Gasteiger charge is 2.55. The van der Waals surface area contributed by atoms with E-state index in [1.54, 1.807) is 12.1 Å². The Bertz CT molecular complexity index is 919. The summed E-state index contributed by atoms with van der Waals surface area (Å²) in [5.74, 6) is -0.662. The van der Waals surface area contributed by atoms with Crippen molar-refractivity contribution in [2.24, 2.45) is 10.2 Å². The van der Waals surface area contributed by atoms with Crippen LogP contribution in [0.4, 0.5) is 0 Å². The van der Waals surface area contributed by atoms with E-state index in [1.807, 2.05) is 37.3 Å². The molecule has 1 aliphatic carbocycles. The first-order valence-corrected chi connectivity index (χ1v) is 8.27. The summed E-state index contributed by atoms with van der Waals surface area (Å²) in [6, 6.07) is 13.1. The van der Waals surface area contributed by atoms with Gasteiger partial charge in [-0.2, -0.15) is 10.2 Å². The van der Waals surface area contributed by atoms with E-state index in [0.29, 0.717) is 18.5 Å². The minimum Gasteiger partial charge on any atom is -0.465 e. The van der Waals surface area contributed by atoms with Crippen LogP contribution in [-0.2, 0) is 11.2 Å². The van der Waals surface area contributed by atoms with Gasteiger partial charge in [-0.25, -0.2) is 4.79 Å². The van der Waals surface area contributed by atoms with Crippen molar-refractivity contribution in [3.05, 3.63) is 70.3 Å². The maximum atomic E-state index is 13.3. The van der Waals surface area contributed by atoms with Crippen LogP contribution in [0.3, 0.4) is 0 Å². The number of hydrogen-bond acceptors (Lipinski definition) is 5. The van der Waals surface area contributed by atoms with Gasteiger partial charge in [-0.05, 0) is 29.7 Å². The topological polar surface area (TPSA) is 68.1 Å². The predicted molar refractivity (Wildman–Crippen MR) is 92.2 cm³/mol. The van der Waals surface area contributed by atoms with Gasteiger partial charge in [0, 0.05) is 17.9 Å². The van der Waals surface area contributed by atoms with Gasteiger partial charge in [0.2, 0.25) is 0 Å². The van der Waals surface area contributed by atoms with Crippen LogP contribution in [0.15, 0.2) is 52.7 Å². The van der Waals surface area contributed by atoms with E-state index in [2.05, 4.69) is 10.2 Å². The van der Waals surface area contributed by atoms with Crippen molar-refractivity contribution in [3.8, 4) is 0 Å². The molecule has 0 amide bonds. The number of esters is 1. The Morgan fingerprint density at radius 3 is 2.76 bits per heavy atom. The van der Waals surface area contributed by atoms with Gasteiger partial charge in [0.05, 0.1) is 19.2 Å². The molecule has 5 nitrogen and oxygen atoms in total. The van der Waals surface area contributed by atoms with Crippen LogP contribution < -0.4 is 0 Å². The molecule has 0 unspecified atom stereocenters. The van der Waals surface area contributed by atoms with Crippen LogP contribution in [0, 0.1) is 6.92 Å². The SMILES string of the molecule is COC(=O)c1ccccc1[C@H]1CN=N[C@]12Cc1cccc(C)c1C2=O. The lowest BCUT2D eigenvalue weighted by atomic mass is 9.76. The number of nitrogens with zero attached hydrogens (tertiary/aromatic N) is 2. The van der Waals surface area contributed by atoms with Crippen LogP contribution >= 0.6 is 0 Å². The molecule has 1 spiro atoms. The lowest BCUT2D eigenvalue weighted by Crippen LogP contribution is -2.39. The number of carbonyl (C=O) groups is 2. The van der Waals surface area contributed by atoms with Crippen molar-refractivity contribution in [3.63, 3.8) is 0 Å². The third-order valence-electron chi connectivity index (χ3n) is 5.27. The number of fused-ring (bicyclic) bond motifs is 1. The van der Waals surface area contributed by atoms with Crippen molar-refractivity contribution >= 4 is 11.8 Å². The zero-order valence-corrected chi connectivity index (χ0v) is 14.2. The van der Waals surface area contributed by atoms with Crippen molar-refractivity contribution in [1.29, 1.82) is 0 Å². The third-order valence-corrected chi connectivity index (χ3v) is 5.27. The standard InChI is InChI=1S/C20H18N2O3/c1-12-6-5-7-13-10-20(18(23)17(12)13)16(11-21-22-20)14-8-3-4-9-15(14)19(24)25-2/h3-9,16H,10-11H2,1-2H3/t16-,20-/m1/s1. The zero-order valence-electron chi connectivity index (χ0n) is 14.2. The number of aryl methyl sites for hydroxylation is 1. The van der Waals surface area contributed by atoms with E-state index in [0.717, 1.165) is 22.3 Å².